The quantitative estimate of drug-likeness (QED) is 0.397. The molecular formula is C21H30O4. The number of aliphatic hydroxyl groups excluding tert-OH is 3. The molecule has 0 saturated heterocycles. The van der Waals surface area contributed by atoms with Gasteiger partial charge < -0.3 is 20.4 Å². The third kappa shape index (κ3) is 2.04. The number of terminal acetylenes is 1. The second kappa shape index (κ2) is 5.33. The Bertz CT molecular complexity index is 651. The fourth-order valence-corrected chi connectivity index (χ4v) is 6.92. The van der Waals surface area contributed by atoms with Crippen LogP contribution < -0.4 is 0 Å². The summed E-state index contributed by atoms with van der Waals surface area (Å²) in [4.78, 5) is 0. The molecule has 138 valence electrons. The standard InChI is InChI=1S/C21H30O4/c1-4-21(25)17(24)11-15-18-14(6-8-20(15,21)3)19(2)7-5-13(22)9-12(19)10-16(18)23/h1,10,13-18,22-25H,5-9,11H2,2-3H3/t13-,14-,15-,16-,17+,18+,19-,20-,21+/m0/s1. The van der Waals surface area contributed by atoms with Crippen LogP contribution in [0.5, 0.6) is 0 Å². The number of fused-ring (bicyclic) bond motifs is 5. The van der Waals surface area contributed by atoms with Gasteiger partial charge in [-0.05, 0) is 61.7 Å². The zero-order chi connectivity index (χ0) is 18.2. The summed E-state index contributed by atoms with van der Waals surface area (Å²) in [5.41, 5.74) is -0.907. The van der Waals surface area contributed by atoms with Gasteiger partial charge in [-0.25, -0.2) is 0 Å². The van der Waals surface area contributed by atoms with Crippen LogP contribution in [0.1, 0.15) is 52.4 Å². The molecule has 0 radical (unpaired) electrons. The SMILES string of the molecule is C#C[C@@]1(O)[C@H](O)C[C@H]2[C@@H]3[C@@H](O)C=C4C[C@@H](O)CC[C@]4(C)[C@H]3CC[C@@]21C. The molecule has 25 heavy (non-hydrogen) atoms. The Morgan fingerprint density at radius 2 is 1.84 bits per heavy atom. The average molecular weight is 346 g/mol. The molecule has 0 aliphatic heterocycles. The summed E-state index contributed by atoms with van der Waals surface area (Å²) in [7, 11) is 0. The van der Waals surface area contributed by atoms with E-state index in [1.807, 2.05) is 13.0 Å². The smallest absolute Gasteiger partial charge is 0.156 e. The molecule has 0 aromatic heterocycles. The van der Waals surface area contributed by atoms with Crippen molar-refractivity contribution in [2.75, 3.05) is 0 Å². The highest BCUT2D eigenvalue weighted by Gasteiger charge is 2.68. The van der Waals surface area contributed by atoms with E-state index in [0.717, 1.165) is 25.7 Å². The van der Waals surface area contributed by atoms with Crippen molar-refractivity contribution in [3.8, 4) is 12.3 Å². The van der Waals surface area contributed by atoms with Gasteiger partial charge in [-0.3, -0.25) is 0 Å². The first-order valence-corrected chi connectivity index (χ1v) is 9.63. The maximum absolute atomic E-state index is 11.0. The minimum absolute atomic E-state index is 0.000215. The summed E-state index contributed by atoms with van der Waals surface area (Å²) in [6, 6.07) is 0. The molecule has 4 N–H and O–H groups in total. The Morgan fingerprint density at radius 1 is 1.12 bits per heavy atom. The maximum atomic E-state index is 11.0. The van der Waals surface area contributed by atoms with Crippen molar-refractivity contribution in [3.05, 3.63) is 11.6 Å². The van der Waals surface area contributed by atoms with Crippen molar-refractivity contribution in [3.63, 3.8) is 0 Å². The van der Waals surface area contributed by atoms with E-state index in [-0.39, 0.29) is 23.4 Å². The van der Waals surface area contributed by atoms with Crippen LogP contribution in [0.2, 0.25) is 0 Å². The fraction of sp³-hybridized carbons (Fsp3) is 0.810. The van der Waals surface area contributed by atoms with Crippen LogP contribution in [0, 0.1) is 40.9 Å². The summed E-state index contributed by atoms with van der Waals surface area (Å²) in [5.74, 6) is 2.79. The highest BCUT2D eigenvalue weighted by atomic mass is 16.3. The third-order valence-corrected chi connectivity index (χ3v) is 8.54. The zero-order valence-corrected chi connectivity index (χ0v) is 15.2. The number of rotatable bonds is 0. The van der Waals surface area contributed by atoms with Gasteiger partial charge in [-0.2, -0.15) is 0 Å². The molecule has 9 atom stereocenters. The average Bonchev–Trinajstić information content (AvgIpc) is 2.77. The molecule has 4 rings (SSSR count). The fourth-order valence-electron chi connectivity index (χ4n) is 6.92. The van der Waals surface area contributed by atoms with Gasteiger partial charge >= 0.3 is 0 Å². The Hall–Kier alpha value is -0.860. The van der Waals surface area contributed by atoms with Crippen LogP contribution in [-0.2, 0) is 0 Å². The lowest BCUT2D eigenvalue weighted by Gasteiger charge is -2.59. The van der Waals surface area contributed by atoms with Crippen molar-refractivity contribution in [2.45, 2.75) is 76.3 Å². The van der Waals surface area contributed by atoms with Crippen LogP contribution in [0.15, 0.2) is 11.6 Å². The molecule has 0 bridgehead atoms. The maximum Gasteiger partial charge on any atom is 0.156 e. The van der Waals surface area contributed by atoms with Gasteiger partial charge in [-0.15, -0.1) is 6.42 Å². The highest BCUT2D eigenvalue weighted by molar-refractivity contribution is 5.32. The molecule has 4 heteroatoms. The summed E-state index contributed by atoms with van der Waals surface area (Å²) in [5, 5.41) is 42.6. The van der Waals surface area contributed by atoms with Crippen molar-refractivity contribution in [1.82, 2.24) is 0 Å². The summed E-state index contributed by atoms with van der Waals surface area (Å²) in [6.07, 6.45) is 10.2. The van der Waals surface area contributed by atoms with Gasteiger partial charge in [0.2, 0.25) is 0 Å². The van der Waals surface area contributed by atoms with Crippen LogP contribution in [0.25, 0.3) is 0 Å². The van der Waals surface area contributed by atoms with E-state index in [4.69, 9.17) is 6.42 Å². The van der Waals surface area contributed by atoms with Crippen LogP contribution in [0.4, 0.5) is 0 Å². The third-order valence-electron chi connectivity index (χ3n) is 8.54. The Morgan fingerprint density at radius 3 is 2.52 bits per heavy atom. The lowest BCUT2D eigenvalue weighted by molar-refractivity contribution is -0.135. The van der Waals surface area contributed by atoms with E-state index in [1.165, 1.54) is 5.57 Å². The normalized spacial score (nSPS) is 57.7. The summed E-state index contributed by atoms with van der Waals surface area (Å²) < 4.78 is 0. The van der Waals surface area contributed by atoms with Crippen molar-refractivity contribution < 1.29 is 20.4 Å². The second-order valence-electron chi connectivity index (χ2n) is 9.41. The largest absolute Gasteiger partial charge is 0.393 e. The predicted molar refractivity (Wildman–Crippen MR) is 94.3 cm³/mol. The van der Waals surface area contributed by atoms with Crippen molar-refractivity contribution >= 4 is 0 Å². The molecule has 0 amide bonds. The lowest BCUT2D eigenvalue weighted by atomic mass is 9.46. The summed E-state index contributed by atoms with van der Waals surface area (Å²) >= 11 is 0. The van der Waals surface area contributed by atoms with E-state index in [2.05, 4.69) is 12.8 Å². The molecule has 0 heterocycles. The van der Waals surface area contributed by atoms with E-state index < -0.39 is 23.2 Å². The van der Waals surface area contributed by atoms with E-state index >= 15 is 0 Å². The molecule has 4 aliphatic rings. The first kappa shape index (κ1) is 17.5. The van der Waals surface area contributed by atoms with Gasteiger partial charge in [0.1, 0.15) is 0 Å². The van der Waals surface area contributed by atoms with Crippen LogP contribution in [0.3, 0.4) is 0 Å². The number of hydrogen-bond acceptors (Lipinski definition) is 4. The minimum atomic E-state index is -1.52. The van der Waals surface area contributed by atoms with E-state index in [1.54, 1.807) is 0 Å². The monoisotopic (exact) mass is 346 g/mol. The minimum Gasteiger partial charge on any atom is -0.393 e. The highest BCUT2D eigenvalue weighted by Crippen LogP contribution is 2.66. The zero-order valence-electron chi connectivity index (χ0n) is 15.2. The lowest BCUT2D eigenvalue weighted by Crippen LogP contribution is -2.58. The topological polar surface area (TPSA) is 80.9 Å². The van der Waals surface area contributed by atoms with Gasteiger partial charge in [0, 0.05) is 5.41 Å². The Kier molecular flexibility index (Phi) is 3.74. The first-order chi connectivity index (χ1) is 11.7. The van der Waals surface area contributed by atoms with Crippen molar-refractivity contribution in [1.29, 1.82) is 0 Å². The van der Waals surface area contributed by atoms with E-state index in [9.17, 15) is 20.4 Å². The van der Waals surface area contributed by atoms with Gasteiger partial charge in [-0.1, -0.05) is 31.4 Å². The van der Waals surface area contributed by atoms with Gasteiger partial charge in [0.05, 0.1) is 18.3 Å². The predicted octanol–water partition coefficient (Wildman–Crippen LogP) is 1.62. The molecule has 0 aromatic rings. The molecular weight excluding hydrogens is 316 g/mol. The van der Waals surface area contributed by atoms with Gasteiger partial charge in [0.15, 0.2) is 5.60 Å². The number of hydrogen-bond donors (Lipinski definition) is 4. The molecule has 4 nitrogen and oxygen atoms in total. The van der Waals surface area contributed by atoms with E-state index in [0.29, 0.717) is 18.8 Å². The molecule has 0 unspecified atom stereocenters. The number of aliphatic hydroxyl groups is 4. The molecule has 3 fully saturated rings. The van der Waals surface area contributed by atoms with Crippen LogP contribution in [-0.4, -0.2) is 44.3 Å². The summed E-state index contributed by atoms with van der Waals surface area (Å²) in [6.45, 7) is 4.26. The van der Waals surface area contributed by atoms with Gasteiger partial charge in [0.25, 0.3) is 0 Å². The molecule has 3 saturated carbocycles. The second-order valence-corrected chi connectivity index (χ2v) is 9.41. The van der Waals surface area contributed by atoms with Crippen LogP contribution >= 0.6 is 0 Å². The molecule has 0 spiro atoms. The molecule has 0 aromatic carbocycles. The Labute approximate surface area is 150 Å². The Balaban J connectivity index is 1.77. The molecule has 4 aliphatic carbocycles. The van der Waals surface area contributed by atoms with Crippen molar-refractivity contribution in [2.24, 2.45) is 28.6 Å². The first-order valence-electron chi connectivity index (χ1n) is 9.63.